The van der Waals surface area contributed by atoms with Gasteiger partial charge < -0.3 is 10.1 Å². The van der Waals surface area contributed by atoms with Crippen LogP contribution in [0.25, 0.3) is 0 Å². The maximum Gasteiger partial charge on any atom is 0.189 e. The monoisotopic (exact) mass is 169 g/mol. The summed E-state index contributed by atoms with van der Waals surface area (Å²) in [5, 5.41) is 2.86. The van der Waals surface area contributed by atoms with Crippen LogP contribution in [0.3, 0.4) is 0 Å². The summed E-state index contributed by atoms with van der Waals surface area (Å²) in [6, 6.07) is -0.215. The molecule has 0 saturated heterocycles. The summed E-state index contributed by atoms with van der Waals surface area (Å²) in [7, 11) is 1.51. The van der Waals surface area contributed by atoms with Gasteiger partial charge in [0.25, 0.3) is 0 Å². The molecular weight excluding hydrogens is 153 g/mol. The molecule has 0 bridgehead atoms. The van der Waals surface area contributed by atoms with E-state index >= 15 is 0 Å². The normalized spacial score (nSPS) is 13.0. The second-order valence-corrected chi connectivity index (χ2v) is 3.33. The molecule has 0 spiro atoms. The van der Waals surface area contributed by atoms with Gasteiger partial charge in [0, 0.05) is 5.92 Å². The van der Waals surface area contributed by atoms with E-state index in [0.29, 0.717) is 6.54 Å². The number of carbonyl (C=O) groups excluding carboxylic acids is 2. The first-order valence-corrected chi connectivity index (χ1v) is 4.21. The summed E-state index contributed by atoms with van der Waals surface area (Å²) < 4.78 is 0. The number of ketones is 1. The first kappa shape index (κ1) is 11.4. The number of hydrogen-bond acceptors (Lipinski definition) is 3. The van der Waals surface area contributed by atoms with Crippen LogP contribution in [0, 0.1) is 5.92 Å². The third-order valence-corrected chi connectivity index (χ3v) is 1.84. The molecule has 0 saturated carbocycles. The van der Waals surface area contributed by atoms with Gasteiger partial charge in [-0.1, -0.05) is 13.8 Å². The third kappa shape index (κ3) is 4.29. The molecule has 12 heavy (non-hydrogen) atoms. The molecule has 0 aromatic rings. The van der Waals surface area contributed by atoms with E-state index in [2.05, 4.69) is 5.32 Å². The van der Waals surface area contributed by atoms with Crippen molar-refractivity contribution in [3.63, 3.8) is 0 Å². The van der Waals surface area contributed by atoms with Crippen LogP contribution in [0.15, 0.2) is 0 Å². The van der Waals surface area contributed by atoms with E-state index in [1.807, 2.05) is 13.8 Å². The number of rotatable bonds is 5. The van der Waals surface area contributed by atoms with E-state index in [0.717, 1.165) is 0 Å². The van der Waals surface area contributed by atoms with Crippen molar-refractivity contribution in [2.75, 3.05) is 6.54 Å². The lowest BCUT2D eigenvalue weighted by Crippen LogP contribution is -2.38. The topological polar surface area (TPSA) is 46.2 Å². The maximum atomic E-state index is 11.1. The van der Waals surface area contributed by atoms with Crippen LogP contribution in [0.1, 0.15) is 20.8 Å². The van der Waals surface area contributed by atoms with Crippen LogP contribution in [-0.2, 0) is 9.59 Å². The number of nitrogens with one attached hydrogen (secondary N) is 1. The summed E-state index contributed by atoms with van der Waals surface area (Å²) in [5.41, 5.74) is 0.0616. The Kier molecular flexibility index (Phi) is 4.82. The van der Waals surface area contributed by atoms with Crippen LogP contribution in [-0.4, -0.2) is 31.9 Å². The van der Waals surface area contributed by atoms with Crippen molar-refractivity contribution in [2.45, 2.75) is 26.8 Å². The fourth-order valence-corrected chi connectivity index (χ4v) is 0.602. The van der Waals surface area contributed by atoms with Gasteiger partial charge in [0.15, 0.2) is 7.85 Å². The molecule has 0 aliphatic rings. The molecule has 1 N–H and O–H groups in total. The average molecular weight is 169 g/mol. The zero-order valence-corrected chi connectivity index (χ0v) is 8.18. The standard InChI is InChI=1S/C8H16BNO2/c1-5(2)7(11)4-10-6(3)8(9)12/h5-6,10H,4,9H2,1-3H3. The van der Waals surface area contributed by atoms with Crippen LogP contribution in [0.4, 0.5) is 0 Å². The van der Waals surface area contributed by atoms with Crippen LogP contribution >= 0.6 is 0 Å². The van der Waals surface area contributed by atoms with Gasteiger partial charge in [-0.2, -0.15) is 0 Å². The third-order valence-electron chi connectivity index (χ3n) is 1.84. The lowest BCUT2D eigenvalue weighted by atomic mass is 9.96. The minimum Gasteiger partial charge on any atom is -0.310 e. The fraction of sp³-hybridized carbons (Fsp3) is 0.750. The quantitative estimate of drug-likeness (QED) is 0.556. The summed E-state index contributed by atoms with van der Waals surface area (Å²) >= 11 is 0. The minimum absolute atomic E-state index is 0.0386. The van der Waals surface area contributed by atoms with E-state index < -0.39 is 0 Å². The zero-order chi connectivity index (χ0) is 9.72. The van der Waals surface area contributed by atoms with Gasteiger partial charge in [-0.3, -0.25) is 4.79 Å². The van der Waals surface area contributed by atoms with Crippen molar-refractivity contribution in [3.05, 3.63) is 0 Å². The summed E-state index contributed by atoms with van der Waals surface area (Å²) in [6.45, 7) is 5.75. The Labute approximate surface area is 74.3 Å². The molecule has 0 aromatic heterocycles. The number of hydrogen-bond donors (Lipinski definition) is 1. The van der Waals surface area contributed by atoms with Crippen molar-refractivity contribution >= 4 is 19.3 Å². The predicted molar refractivity (Wildman–Crippen MR) is 50.9 cm³/mol. The van der Waals surface area contributed by atoms with E-state index in [1.165, 1.54) is 7.85 Å². The summed E-state index contributed by atoms with van der Waals surface area (Å²) in [4.78, 5) is 21.8. The Balaban J connectivity index is 3.69. The Bertz CT molecular complexity index is 180. The molecule has 0 heterocycles. The molecule has 1 atom stereocenters. The van der Waals surface area contributed by atoms with Crippen LogP contribution in [0.2, 0.25) is 0 Å². The molecule has 0 aliphatic heterocycles. The van der Waals surface area contributed by atoms with Gasteiger partial charge in [-0.15, -0.1) is 0 Å². The Morgan fingerprint density at radius 1 is 1.33 bits per heavy atom. The fourth-order valence-electron chi connectivity index (χ4n) is 0.602. The highest BCUT2D eigenvalue weighted by atomic mass is 16.1. The first-order chi connectivity index (χ1) is 5.45. The lowest BCUT2D eigenvalue weighted by Gasteiger charge is -2.10. The molecular formula is C8H16BNO2. The average Bonchev–Trinajstić information content (AvgIpc) is 1.98. The van der Waals surface area contributed by atoms with Crippen molar-refractivity contribution < 1.29 is 9.59 Å². The SMILES string of the molecule is BC(=O)C(C)NCC(=O)C(C)C. The second-order valence-electron chi connectivity index (χ2n) is 3.33. The molecule has 1 unspecified atom stereocenters. The maximum absolute atomic E-state index is 11.1. The van der Waals surface area contributed by atoms with Crippen molar-refractivity contribution in [1.82, 2.24) is 5.32 Å². The van der Waals surface area contributed by atoms with Crippen molar-refractivity contribution in [1.29, 1.82) is 0 Å². The Morgan fingerprint density at radius 2 is 1.83 bits per heavy atom. The zero-order valence-electron chi connectivity index (χ0n) is 8.18. The number of Topliss-reactive ketones (excluding diaryl/α,β-unsaturated/α-hetero) is 1. The molecule has 3 nitrogen and oxygen atoms in total. The Morgan fingerprint density at radius 3 is 2.17 bits per heavy atom. The molecule has 4 heteroatoms. The van der Waals surface area contributed by atoms with Gasteiger partial charge in [-0.25, -0.2) is 0 Å². The largest absolute Gasteiger partial charge is 0.310 e. The van der Waals surface area contributed by atoms with Crippen molar-refractivity contribution in [3.8, 4) is 0 Å². The molecule has 0 radical (unpaired) electrons. The van der Waals surface area contributed by atoms with Gasteiger partial charge in [-0.05, 0) is 6.92 Å². The highest BCUT2D eigenvalue weighted by molar-refractivity contribution is 6.59. The highest BCUT2D eigenvalue weighted by Gasteiger charge is 2.10. The second kappa shape index (κ2) is 5.09. The van der Waals surface area contributed by atoms with Gasteiger partial charge in [0.2, 0.25) is 0 Å². The van der Waals surface area contributed by atoms with E-state index in [-0.39, 0.29) is 23.4 Å². The summed E-state index contributed by atoms with van der Waals surface area (Å²) in [6.07, 6.45) is 0. The van der Waals surface area contributed by atoms with E-state index in [9.17, 15) is 9.59 Å². The molecule has 0 fully saturated rings. The van der Waals surface area contributed by atoms with Crippen molar-refractivity contribution in [2.24, 2.45) is 5.92 Å². The lowest BCUT2D eigenvalue weighted by molar-refractivity contribution is -0.121. The van der Waals surface area contributed by atoms with Crippen LogP contribution < -0.4 is 5.32 Å². The highest BCUT2D eigenvalue weighted by Crippen LogP contribution is 1.92. The first-order valence-electron chi connectivity index (χ1n) is 4.21. The van der Waals surface area contributed by atoms with Gasteiger partial charge >= 0.3 is 0 Å². The summed E-state index contributed by atoms with van der Waals surface area (Å²) in [5.74, 6) is 0.180. The Hall–Kier alpha value is -0.635. The molecule has 0 rings (SSSR count). The smallest absolute Gasteiger partial charge is 0.189 e. The van der Waals surface area contributed by atoms with Gasteiger partial charge in [0.05, 0.1) is 18.3 Å². The van der Waals surface area contributed by atoms with Gasteiger partial charge in [0.1, 0.15) is 5.78 Å². The van der Waals surface area contributed by atoms with Crippen LogP contribution in [0.5, 0.6) is 0 Å². The molecule has 0 aliphatic carbocycles. The molecule has 0 aromatic carbocycles. The predicted octanol–water partition coefficient (Wildman–Crippen LogP) is -0.651. The van der Waals surface area contributed by atoms with E-state index in [1.54, 1.807) is 6.92 Å². The molecule has 0 amide bonds. The number of carbonyl (C=O) groups is 2. The van der Waals surface area contributed by atoms with E-state index in [4.69, 9.17) is 0 Å². The minimum atomic E-state index is -0.215. The molecule has 68 valence electrons.